The molecule has 1 aromatic carbocycles. The van der Waals surface area contributed by atoms with Crippen LogP contribution in [0.25, 0.3) is 0 Å². The van der Waals surface area contributed by atoms with Crippen LogP contribution in [-0.4, -0.2) is 44.2 Å². The molecule has 1 aliphatic rings. The van der Waals surface area contributed by atoms with E-state index in [1.165, 1.54) is 24.9 Å². The first-order valence-electron chi connectivity index (χ1n) is 7.82. The van der Waals surface area contributed by atoms with Gasteiger partial charge in [-0.3, -0.25) is 0 Å². The molecule has 0 radical (unpaired) electrons. The van der Waals surface area contributed by atoms with Gasteiger partial charge in [0.2, 0.25) is 0 Å². The summed E-state index contributed by atoms with van der Waals surface area (Å²) in [4.78, 5) is 2.43. The third kappa shape index (κ3) is 5.23. The Morgan fingerprint density at radius 2 is 2.00 bits per heavy atom. The van der Waals surface area contributed by atoms with E-state index in [9.17, 15) is 0 Å². The number of nitrogens with zero attached hydrogens (tertiary/aromatic N) is 1. The molecule has 0 bridgehead atoms. The fourth-order valence-corrected chi connectivity index (χ4v) is 2.73. The highest BCUT2D eigenvalue weighted by Gasteiger charge is 2.30. The summed E-state index contributed by atoms with van der Waals surface area (Å²) in [5.41, 5.74) is 1.28. The Kier molecular flexibility index (Phi) is 6.51. The average Bonchev–Trinajstić information content (AvgIpc) is 2.42. The Balaban J connectivity index is 1.53. The third-order valence-electron chi connectivity index (χ3n) is 4.01. The Hall–Kier alpha value is -0.900. The molecule has 1 N–H and O–H groups in total. The van der Waals surface area contributed by atoms with Crippen LogP contribution in [0.15, 0.2) is 30.3 Å². The quantitative estimate of drug-likeness (QED) is 0.701. The highest BCUT2D eigenvalue weighted by atomic mass is 16.5. The summed E-state index contributed by atoms with van der Waals surface area (Å²) in [6.45, 7) is 7.41. The van der Waals surface area contributed by atoms with E-state index in [1.807, 2.05) is 6.07 Å². The van der Waals surface area contributed by atoms with Gasteiger partial charge in [-0.1, -0.05) is 37.3 Å². The van der Waals surface area contributed by atoms with Crippen LogP contribution in [0.3, 0.4) is 0 Å². The number of ether oxygens (including phenoxy) is 1. The van der Waals surface area contributed by atoms with Crippen LogP contribution in [0.5, 0.6) is 0 Å². The zero-order chi connectivity index (χ0) is 14.2. The molecule has 3 heteroatoms. The lowest BCUT2D eigenvalue weighted by Crippen LogP contribution is -2.40. The largest absolute Gasteiger partial charge is 0.374 e. The van der Waals surface area contributed by atoms with E-state index in [4.69, 9.17) is 4.74 Å². The summed E-state index contributed by atoms with van der Waals surface area (Å²) in [6, 6.07) is 10.4. The van der Waals surface area contributed by atoms with Crippen LogP contribution in [0.2, 0.25) is 0 Å². The fraction of sp³-hybridized carbons (Fsp3) is 0.647. The van der Waals surface area contributed by atoms with E-state index in [-0.39, 0.29) is 0 Å². The number of likely N-dealkylation sites (N-methyl/N-ethyl adjacent to an activating group) is 2. The van der Waals surface area contributed by atoms with E-state index in [2.05, 4.69) is 48.5 Å². The summed E-state index contributed by atoms with van der Waals surface area (Å²) in [7, 11) is 2.22. The van der Waals surface area contributed by atoms with Gasteiger partial charge in [0.05, 0.1) is 12.7 Å². The van der Waals surface area contributed by atoms with Gasteiger partial charge in [0.15, 0.2) is 0 Å². The molecule has 2 rings (SSSR count). The molecule has 0 unspecified atom stereocenters. The maximum Gasteiger partial charge on any atom is 0.0720 e. The van der Waals surface area contributed by atoms with Gasteiger partial charge in [0.25, 0.3) is 0 Å². The van der Waals surface area contributed by atoms with Crippen LogP contribution in [0.4, 0.5) is 0 Å². The Morgan fingerprint density at radius 1 is 1.25 bits per heavy atom. The van der Waals surface area contributed by atoms with Crippen molar-refractivity contribution in [3.63, 3.8) is 0 Å². The van der Waals surface area contributed by atoms with Crippen molar-refractivity contribution in [2.75, 3.05) is 33.2 Å². The van der Waals surface area contributed by atoms with Crippen molar-refractivity contribution in [3.8, 4) is 0 Å². The molecular weight excluding hydrogens is 248 g/mol. The first-order chi connectivity index (χ1) is 9.78. The van der Waals surface area contributed by atoms with E-state index in [0.29, 0.717) is 6.10 Å². The Bertz CT molecular complexity index is 363. The summed E-state index contributed by atoms with van der Waals surface area (Å²) < 4.78 is 5.94. The maximum atomic E-state index is 5.94. The zero-order valence-electron chi connectivity index (χ0n) is 12.8. The maximum absolute atomic E-state index is 5.94. The molecule has 0 amide bonds. The van der Waals surface area contributed by atoms with Crippen LogP contribution in [0.1, 0.15) is 25.3 Å². The van der Waals surface area contributed by atoms with Gasteiger partial charge in [-0.15, -0.1) is 0 Å². The van der Waals surface area contributed by atoms with Crippen molar-refractivity contribution in [2.24, 2.45) is 5.92 Å². The highest BCUT2D eigenvalue weighted by Crippen LogP contribution is 2.31. The Labute approximate surface area is 123 Å². The SMILES string of the molecule is CCNCCN(C)CC1CC(OCc2ccccc2)C1. The van der Waals surface area contributed by atoms with Gasteiger partial charge >= 0.3 is 0 Å². The normalized spacial score (nSPS) is 21.9. The van der Waals surface area contributed by atoms with Gasteiger partial charge in [0.1, 0.15) is 0 Å². The van der Waals surface area contributed by atoms with E-state index >= 15 is 0 Å². The number of rotatable bonds is 9. The minimum atomic E-state index is 0.474. The topological polar surface area (TPSA) is 24.5 Å². The second kappa shape index (κ2) is 8.40. The number of hydrogen-bond donors (Lipinski definition) is 1. The lowest BCUT2D eigenvalue weighted by Gasteiger charge is -2.37. The highest BCUT2D eigenvalue weighted by molar-refractivity contribution is 5.13. The molecule has 1 fully saturated rings. The first-order valence-corrected chi connectivity index (χ1v) is 7.82. The van der Waals surface area contributed by atoms with Crippen molar-refractivity contribution in [1.82, 2.24) is 10.2 Å². The minimum absolute atomic E-state index is 0.474. The third-order valence-corrected chi connectivity index (χ3v) is 4.01. The lowest BCUT2D eigenvalue weighted by molar-refractivity contribution is -0.0463. The summed E-state index contributed by atoms with van der Waals surface area (Å²) in [5, 5.41) is 3.37. The first kappa shape index (κ1) is 15.5. The number of nitrogens with one attached hydrogen (secondary N) is 1. The summed E-state index contributed by atoms with van der Waals surface area (Å²) in [5.74, 6) is 0.822. The molecule has 0 heterocycles. The zero-order valence-corrected chi connectivity index (χ0v) is 12.8. The van der Waals surface area contributed by atoms with Gasteiger partial charge in [0, 0.05) is 19.6 Å². The predicted octanol–water partition coefficient (Wildman–Crippen LogP) is 2.52. The van der Waals surface area contributed by atoms with Gasteiger partial charge < -0.3 is 15.0 Å². The minimum Gasteiger partial charge on any atom is -0.374 e. The Morgan fingerprint density at radius 3 is 2.70 bits per heavy atom. The van der Waals surface area contributed by atoms with Gasteiger partial charge in [-0.05, 0) is 37.9 Å². The van der Waals surface area contributed by atoms with Crippen LogP contribution in [0, 0.1) is 5.92 Å². The second-order valence-corrected chi connectivity index (χ2v) is 5.87. The van der Waals surface area contributed by atoms with Gasteiger partial charge in [-0.2, -0.15) is 0 Å². The predicted molar refractivity (Wildman–Crippen MR) is 83.8 cm³/mol. The monoisotopic (exact) mass is 276 g/mol. The molecule has 1 aliphatic carbocycles. The standard InChI is InChI=1S/C17H28N2O/c1-3-18-9-10-19(2)13-16-11-17(12-16)20-14-15-7-5-4-6-8-15/h4-8,16-18H,3,9-14H2,1-2H3. The molecule has 3 nitrogen and oxygen atoms in total. The van der Waals surface area contributed by atoms with Gasteiger partial charge in [-0.25, -0.2) is 0 Å². The van der Waals surface area contributed by atoms with Crippen molar-refractivity contribution in [2.45, 2.75) is 32.5 Å². The van der Waals surface area contributed by atoms with Crippen molar-refractivity contribution < 1.29 is 4.74 Å². The van der Waals surface area contributed by atoms with Crippen LogP contribution in [-0.2, 0) is 11.3 Å². The van der Waals surface area contributed by atoms with Crippen LogP contribution < -0.4 is 5.32 Å². The molecule has 0 spiro atoms. The number of hydrogen-bond acceptors (Lipinski definition) is 3. The molecule has 0 saturated heterocycles. The van der Waals surface area contributed by atoms with Crippen molar-refractivity contribution in [3.05, 3.63) is 35.9 Å². The average molecular weight is 276 g/mol. The van der Waals surface area contributed by atoms with E-state index in [1.54, 1.807) is 0 Å². The smallest absolute Gasteiger partial charge is 0.0720 e. The van der Waals surface area contributed by atoms with Crippen molar-refractivity contribution >= 4 is 0 Å². The molecule has 0 aromatic heterocycles. The summed E-state index contributed by atoms with van der Waals surface area (Å²) >= 11 is 0. The summed E-state index contributed by atoms with van der Waals surface area (Å²) in [6.07, 6.45) is 2.92. The molecule has 1 saturated carbocycles. The van der Waals surface area contributed by atoms with Crippen molar-refractivity contribution in [1.29, 1.82) is 0 Å². The van der Waals surface area contributed by atoms with E-state index < -0.39 is 0 Å². The van der Waals surface area contributed by atoms with E-state index in [0.717, 1.165) is 32.2 Å². The molecule has 112 valence electrons. The molecule has 0 atom stereocenters. The van der Waals surface area contributed by atoms with Crippen LogP contribution >= 0.6 is 0 Å². The molecular formula is C17H28N2O. The molecule has 1 aromatic rings. The fourth-order valence-electron chi connectivity index (χ4n) is 2.73. The molecule has 0 aliphatic heterocycles. The second-order valence-electron chi connectivity index (χ2n) is 5.87. The number of benzene rings is 1. The lowest BCUT2D eigenvalue weighted by atomic mass is 9.82. The molecule has 20 heavy (non-hydrogen) atoms.